The SMILES string of the molecule is c1ccc(-c2ccc(N(c3cccc(-c4cccc5c4ccc4c5c5ccccc5n4-c4ccccc4)c3)c3ccccc3-c3ccccc3)cc2)cc1. The van der Waals surface area contributed by atoms with Crippen molar-refractivity contribution in [3.05, 3.63) is 218 Å². The number of hydrogen-bond acceptors (Lipinski definition) is 1. The Bertz CT molecular complexity index is 2910. The van der Waals surface area contributed by atoms with Gasteiger partial charge in [-0.2, -0.15) is 0 Å². The minimum atomic E-state index is 1.10. The van der Waals surface area contributed by atoms with E-state index in [9.17, 15) is 0 Å². The van der Waals surface area contributed by atoms with Gasteiger partial charge in [-0.1, -0.05) is 164 Å². The van der Waals surface area contributed by atoms with Gasteiger partial charge in [0.1, 0.15) is 0 Å². The molecule has 54 heavy (non-hydrogen) atoms. The summed E-state index contributed by atoms with van der Waals surface area (Å²) in [6, 6.07) is 78.8. The van der Waals surface area contributed by atoms with E-state index in [1.165, 1.54) is 71.6 Å². The lowest BCUT2D eigenvalue weighted by atomic mass is 9.95. The summed E-state index contributed by atoms with van der Waals surface area (Å²) in [5.41, 5.74) is 14.1. The highest BCUT2D eigenvalue weighted by molar-refractivity contribution is 6.23. The Morgan fingerprint density at radius 2 is 0.907 bits per heavy atom. The molecular formula is C52H36N2. The zero-order chi connectivity index (χ0) is 35.8. The van der Waals surface area contributed by atoms with Crippen LogP contribution in [0.1, 0.15) is 0 Å². The molecule has 1 heterocycles. The number of nitrogens with zero attached hydrogens (tertiary/aromatic N) is 2. The predicted octanol–water partition coefficient (Wildman–Crippen LogP) is 14.4. The molecule has 0 unspecified atom stereocenters. The van der Waals surface area contributed by atoms with Gasteiger partial charge in [-0.25, -0.2) is 0 Å². The Hall–Kier alpha value is -7.16. The average molecular weight is 689 g/mol. The molecule has 1 aromatic heterocycles. The van der Waals surface area contributed by atoms with Gasteiger partial charge in [0.15, 0.2) is 0 Å². The van der Waals surface area contributed by atoms with E-state index in [0.29, 0.717) is 0 Å². The summed E-state index contributed by atoms with van der Waals surface area (Å²) in [7, 11) is 0. The molecule has 0 amide bonds. The molecule has 0 fully saturated rings. The zero-order valence-electron chi connectivity index (χ0n) is 29.7. The molecule has 0 aliphatic carbocycles. The minimum Gasteiger partial charge on any atom is -0.310 e. The largest absolute Gasteiger partial charge is 0.310 e. The Morgan fingerprint density at radius 1 is 0.315 bits per heavy atom. The number of benzene rings is 9. The molecule has 10 aromatic rings. The van der Waals surface area contributed by atoms with Crippen molar-refractivity contribution in [1.29, 1.82) is 0 Å². The van der Waals surface area contributed by atoms with E-state index in [0.717, 1.165) is 17.1 Å². The lowest BCUT2D eigenvalue weighted by Crippen LogP contribution is -2.11. The van der Waals surface area contributed by atoms with Gasteiger partial charge in [0, 0.05) is 33.4 Å². The summed E-state index contributed by atoms with van der Waals surface area (Å²) in [5.74, 6) is 0. The first-order valence-corrected chi connectivity index (χ1v) is 18.5. The van der Waals surface area contributed by atoms with E-state index in [1.54, 1.807) is 0 Å². The maximum Gasteiger partial charge on any atom is 0.0547 e. The van der Waals surface area contributed by atoms with Crippen molar-refractivity contribution in [3.63, 3.8) is 0 Å². The molecule has 0 spiro atoms. The van der Waals surface area contributed by atoms with E-state index >= 15 is 0 Å². The Balaban J connectivity index is 1.15. The van der Waals surface area contributed by atoms with E-state index in [2.05, 4.69) is 228 Å². The van der Waals surface area contributed by atoms with E-state index < -0.39 is 0 Å². The highest BCUT2D eigenvalue weighted by Gasteiger charge is 2.20. The van der Waals surface area contributed by atoms with Crippen LogP contribution in [0, 0.1) is 0 Å². The molecule has 10 rings (SSSR count). The first-order chi connectivity index (χ1) is 26.8. The zero-order valence-corrected chi connectivity index (χ0v) is 29.7. The van der Waals surface area contributed by atoms with Gasteiger partial charge >= 0.3 is 0 Å². The van der Waals surface area contributed by atoms with Crippen LogP contribution in [0.2, 0.25) is 0 Å². The second kappa shape index (κ2) is 13.4. The number of rotatable bonds is 7. The molecule has 0 aliphatic rings. The molecule has 0 radical (unpaired) electrons. The number of hydrogen-bond donors (Lipinski definition) is 0. The Kier molecular flexibility index (Phi) is 7.85. The average Bonchev–Trinajstić information content (AvgIpc) is 3.60. The van der Waals surface area contributed by atoms with Gasteiger partial charge in [-0.3, -0.25) is 0 Å². The summed E-state index contributed by atoms with van der Waals surface area (Å²) in [6.07, 6.45) is 0. The van der Waals surface area contributed by atoms with E-state index in [1.807, 2.05) is 0 Å². The third-order valence-electron chi connectivity index (χ3n) is 10.6. The lowest BCUT2D eigenvalue weighted by Gasteiger charge is -2.28. The lowest BCUT2D eigenvalue weighted by molar-refractivity contribution is 1.18. The van der Waals surface area contributed by atoms with Crippen LogP contribution in [0.15, 0.2) is 218 Å². The van der Waals surface area contributed by atoms with Crippen molar-refractivity contribution in [2.45, 2.75) is 0 Å². The van der Waals surface area contributed by atoms with Crippen LogP contribution >= 0.6 is 0 Å². The summed E-state index contributed by atoms with van der Waals surface area (Å²) in [5, 5.41) is 5.03. The fourth-order valence-corrected chi connectivity index (χ4v) is 8.14. The van der Waals surface area contributed by atoms with Crippen LogP contribution in [-0.4, -0.2) is 4.57 Å². The fourth-order valence-electron chi connectivity index (χ4n) is 8.14. The molecule has 0 aliphatic heterocycles. The molecular weight excluding hydrogens is 653 g/mol. The highest BCUT2D eigenvalue weighted by Crippen LogP contribution is 2.44. The van der Waals surface area contributed by atoms with E-state index in [4.69, 9.17) is 0 Å². The van der Waals surface area contributed by atoms with Gasteiger partial charge in [-0.05, 0) is 93.2 Å². The molecule has 2 heteroatoms. The van der Waals surface area contributed by atoms with Crippen LogP contribution in [0.4, 0.5) is 17.1 Å². The van der Waals surface area contributed by atoms with Gasteiger partial charge < -0.3 is 9.47 Å². The van der Waals surface area contributed by atoms with Gasteiger partial charge in [0.25, 0.3) is 0 Å². The van der Waals surface area contributed by atoms with E-state index in [-0.39, 0.29) is 0 Å². The number of anilines is 3. The van der Waals surface area contributed by atoms with Gasteiger partial charge in [0.2, 0.25) is 0 Å². The smallest absolute Gasteiger partial charge is 0.0547 e. The molecule has 0 saturated carbocycles. The summed E-state index contributed by atoms with van der Waals surface area (Å²) < 4.78 is 2.39. The molecule has 9 aromatic carbocycles. The van der Waals surface area contributed by atoms with Crippen molar-refractivity contribution >= 4 is 49.6 Å². The van der Waals surface area contributed by atoms with Crippen molar-refractivity contribution in [3.8, 4) is 39.1 Å². The predicted molar refractivity (Wildman–Crippen MR) is 229 cm³/mol. The standard InChI is InChI=1S/C52H36N2/c1-4-16-37(17-5-1)38-30-32-42(33-31-38)53(49-28-12-10-24-45(49)39-18-6-2-7-19-39)43-23-14-20-40(36-43)44-26-15-27-47-46(44)34-35-51-52(47)48-25-11-13-29-50(48)54(51)41-21-8-3-9-22-41/h1-36H. The van der Waals surface area contributed by atoms with Crippen molar-refractivity contribution < 1.29 is 0 Å². The van der Waals surface area contributed by atoms with Crippen LogP contribution < -0.4 is 4.90 Å². The number of para-hydroxylation sites is 3. The molecule has 2 nitrogen and oxygen atoms in total. The first kappa shape index (κ1) is 31.6. The third kappa shape index (κ3) is 5.44. The monoisotopic (exact) mass is 688 g/mol. The maximum absolute atomic E-state index is 2.40. The van der Waals surface area contributed by atoms with Crippen molar-refractivity contribution in [1.82, 2.24) is 4.57 Å². The molecule has 0 atom stereocenters. The Morgan fingerprint density at radius 3 is 1.70 bits per heavy atom. The van der Waals surface area contributed by atoms with Gasteiger partial charge in [0.05, 0.1) is 16.7 Å². The first-order valence-electron chi connectivity index (χ1n) is 18.5. The van der Waals surface area contributed by atoms with Crippen molar-refractivity contribution in [2.75, 3.05) is 4.90 Å². The Labute approximate surface area is 315 Å². The second-order valence-electron chi connectivity index (χ2n) is 13.7. The minimum absolute atomic E-state index is 1.10. The molecule has 0 bridgehead atoms. The van der Waals surface area contributed by atoms with Crippen LogP contribution in [0.25, 0.3) is 71.6 Å². The third-order valence-corrected chi connectivity index (χ3v) is 10.6. The number of fused-ring (bicyclic) bond motifs is 5. The fraction of sp³-hybridized carbons (Fsp3) is 0. The van der Waals surface area contributed by atoms with Crippen LogP contribution in [0.3, 0.4) is 0 Å². The highest BCUT2D eigenvalue weighted by atomic mass is 15.1. The van der Waals surface area contributed by atoms with Crippen molar-refractivity contribution in [2.24, 2.45) is 0 Å². The summed E-state index contributed by atoms with van der Waals surface area (Å²) >= 11 is 0. The number of aromatic nitrogens is 1. The van der Waals surface area contributed by atoms with Crippen LogP contribution in [-0.2, 0) is 0 Å². The quantitative estimate of drug-likeness (QED) is 0.162. The summed E-state index contributed by atoms with van der Waals surface area (Å²) in [6.45, 7) is 0. The molecule has 0 saturated heterocycles. The second-order valence-corrected chi connectivity index (χ2v) is 13.7. The summed E-state index contributed by atoms with van der Waals surface area (Å²) in [4.78, 5) is 2.40. The topological polar surface area (TPSA) is 8.17 Å². The maximum atomic E-state index is 2.40. The molecule has 254 valence electrons. The van der Waals surface area contributed by atoms with Crippen LogP contribution in [0.5, 0.6) is 0 Å². The van der Waals surface area contributed by atoms with Gasteiger partial charge in [-0.15, -0.1) is 0 Å². The normalized spacial score (nSPS) is 11.3. The molecule has 0 N–H and O–H groups in total.